The third-order valence-corrected chi connectivity index (χ3v) is 3.63. The zero-order chi connectivity index (χ0) is 17.3. The highest BCUT2D eigenvalue weighted by molar-refractivity contribution is 6.20. The standard InChI is InChI=1S/C18H15NO5/c1-11-7-8-15(12(2)9-11)23-10-16(20)24-19-17(21)13-5-3-4-6-14(13)18(19)22/h3-9H,10H2,1-2H3. The van der Waals surface area contributed by atoms with Crippen LogP contribution in [0.1, 0.15) is 31.8 Å². The van der Waals surface area contributed by atoms with Crippen LogP contribution in [0.5, 0.6) is 5.75 Å². The van der Waals surface area contributed by atoms with Crippen molar-refractivity contribution in [3.05, 3.63) is 64.7 Å². The highest BCUT2D eigenvalue weighted by atomic mass is 16.7. The van der Waals surface area contributed by atoms with Crippen molar-refractivity contribution in [3.8, 4) is 5.75 Å². The van der Waals surface area contributed by atoms with E-state index in [9.17, 15) is 14.4 Å². The van der Waals surface area contributed by atoms with Gasteiger partial charge < -0.3 is 9.57 Å². The molecule has 2 aromatic carbocycles. The van der Waals surface area contributed by atoms with E-state index in [1.165, 1.54) is 12.1 Å². The summed E-state index contributed by atoms with van der Waals surface area (Å²) in [5.74, 6) is -1.60. The lowest BCUT2D eigenvalue weighted by Gasteiger charge is -2.14. The molecule has 0 radical (unpaired) electrons. The summed E-state index contributed by atoms with van der Waals surface area (Å²) in [6, 6.07) is 11.8. The van der Waals surface area contributed by atoms with Gasteiger partial charge in [0.05, 0.1) is 11.1 Å². The summed E-state index contributed by atoms with van der Waals surface area (Å²) in [7, 11) is 0. The van der Waals surface area contributed by atoms with Gasteiger partial charge in [0.25, 0.3) is 11.8 Å². The van der Waals surface area contributed by atoms with E-state index in [4.69, 9.17) is 9.57 Å². The van der Waals surface area contributed by atoms with Crippen LogP contribution in [0, 0.1) is 13.8 Å². The molecule has 3 rings (SSSR count). The molecule has 0 aromatic heterocycles. The van der Waals surface area contributed by atoms with Crippen LogP contribution < -0.4 is 4.74 Å². The monoisotopic (exact) mass is 325 g/mol. The van der Waals surface area contributed by atoms with Crippen LogP contribution in [-0.2, 0) is 9.63 Å². The minimum atomic E-state index is -0.829. The number of imide groups is 1. The molecule has 0 unspecified atom stereocenters. The summed E-state index contributed by atoms with van der Waals surface area (Å²) in [6.07, 6.45) is 0. The average Bonchev–Trinajstić information content (AvgIpc) is 2.79. The Morgan fingerprint density at radius 2 is 1.62 bits per heavy atom. The molecule has 1 aliphatic rings. The first-order valence-corrected chi connectivity index (χ1v) is 7.36. The molecule has 0 atom stereocenters. The SMILES string of the molecule is Cc1ccc(OCC(=O)ON2C(=O)c3ccccc3C2=O)c(C)c1. The summed E-state index contributed by atoms with van der Waals surface area (Å²) in [5, 5.41) is 0.471. The van der Waals surface area contributed by atoms with Gasteiger partial charge >= 0.3 is 5.97 Å². The molecule has 0 saturated heterocycles. The van der Waals surface area contributed by atoms with E-state index in [1.807, 2.05) is 26.0 Å². The maximum atomic E-state index is 12.1. The van der Waals surface area contributed by atoms with Crippen LogP contribution in [-0.4, -0.2) is 29.5 Å². The smallest absolute Gasteiger partial charge is 0.370 e. The Morgan fingerprint density at radius 1 is 1.00 bits per heavy atom. The predicted molar refractivity (Wildman–Crippen MR) is 84.4 cm³/mol. The van der Waals surface area contributed by atoms with Gasteiger partial charge in [-0.3, -0.25) is 9.59 Å². The van der Waals surface area contributed by atoms with Crippen molar-refractivity contribution < 1.29 is 24.0 Å². The number of hydroxylamine groups is 2. The van der Waals surface area contributed by atoms with Crippen LogP contribution in [0.3, 0.4) is 0 Å². The van der Waals surface area contributed by atoms with E-state index >= 15 is 0 Å². The minimum Gasteiger partial charge on any atom is -0.482 e. The number of aryl methyl sites for hydroxylation is 2. The van der Waals surface area contributed by atoms with E-state index in [-0.39, 0.29) is 11.1 Å². The number of nitrogens with zero attached hydrogens (tertiary/aromatic N) is 1. The molecule has 24 heavy (non-hydrogen) atoms. The third kappa shape index (κ3) is 2.86. The fourth-order valence-corrected chi connectivity index (χ4v) is 2.48. The number of hydrogen-bond acceptors (Lipinski definition) is 5. The van der Waals surface area contributed by atoms with E-state index in [0.29, 0.717) is 10.8 Å². The second kappa shape index (κ2) is 6.16. The first-order valence-electron chi connectivity index (χ1n) is 7.36. The average molecular weight is 325 g/mol. The Kier molecular flexibility index (Phi) is 4.04. The number of hydrogen-bond donors (Lipinski definition) is 0. The molecular formula is C18H15NO5. The van der Waals surface area contributed by atoms with Crippen molar-refractivity contribution in [2.75, 3.05) is 6.61 Å². The van der Waals surface area contributed by atoms with Gasteiger partial charge in [0, 0.05) is 0 Å². The van der Waals surface area contributed by atoms with Crippen LogP contribution in [0.2, 0.25) is 0 Å². The summed E-state index contributed by atoms with van der Waals surface area (Å²) in [5.41, 5.74) is 2.38. The summed E-state index contributed by atoms with van der Waals surface area (Å²) >= 11 is 0. The largest absolute Gasteiger partial charge is 0.482 e. The predicted octanol–water partition coefficient (Wildman–Crippen LogP) is 2.44. The fourth-order valence-electron chi connectivity index (χ4n) is 2.48. The first kappa shape index (κ1) is 15.7. The molecule has 2 aromatic rings. The number of carbonyl (C=O) groups excluding carboxylic acids is 3. The second-order valence-corrected chi connectivity index (χ2v) is 5.47. The number of amides is 2. The van der Waals surface area contributed by atoms with Crippen LogP contribution in [0.25, 0.3) is 0 Å². The second-order valence-electron chi connectivity index (χ2n) is 5.47. The Balaban J connectivity index is 1.64. The van der Waals surface area contributed by atoms with Gasteiger partial charge in [-0.15, -0.1) is 0 Å². The van der Waals surface area contributed by atoms with Crippen molar-refractivity contribution in [1.29, 1.82) is 0 Å². The lowest BCUT2D eigenvalue weighted by Crippen LogP contribution is -2.34. The topological polar surface area (TPSA) is 72.9 Å². The highest BCUT2D eigenvalue weighted by Gasteiger charge is 2.38. The van der Waals surface area contributed by atoms with Gasteiger partial charge in [-0.2, -0.15) is 0 Å². The maximum absolute atomic E-state index is 12.1. The van der Waals surface area contributed by atoms with Gasteiger partial charge in [-0.1, -0.05) is 34.9 Å². The Labute approximate surface area is 138 Å². The van der Waals surface area contributed by atoms with Gasteiger partial charge in [0.2, 0.25) is 0 Å². The lowest BCUT2D eigenvalue weighted by atomic mass is 10.1. The molecule has 0 spiro atoms. The fraction of sp³-hybridized carbons (Fsp3) is 0.167. The number of carbonyl (C=O) groups is 3. The number of benzene rings is 2. The van der Waals surface area contributed by atoms with Crippen molar-refractivity contribution in [2.24, 2.45) is 0 Å². The van der Waals surface area contributed by atoms with Gasteiger partial charge in [-0.05, 0) is 37.6 Å². The third-order valence-electron chi connectivity index (χ3n) is 3.63. The summed E-state index contributed by atoms with van der Waals surface area (Å²) in [6.45, 7) is 3.41. The normalized spacial score (nSPS) is 13.0. The Morgan fingerprint density at radius 3 is 2.21 bits per heavy atom. The molecular weight excluding hydrogens is 310 g/mol. The highest BCUT2D eigenvalue weighted by Crippen LogP contribution is 2.23. The number of ether oxygens (including phenoxy) is 1. The van der Waals surface area contributed by atoms with Gasteiger partial charge in [0.15, 0.2) is 6.61 Å². The van der Waals surface area contributed by atoms with Crippen LogP contribution in [0.4, 0.5) is 0 Å². The molecule has 0 saturated carbocycles. The quantitative estimate of drug-likeness (QED) is 0.807. The zero-order valence-corrected chi connectivity index (χ0v) is 13.2. The molecule has 1 aliphatic heterocycles. The van der Waals surface area contributed by atoms with E-state index in [1.54, 1.807) is 18.2 Å². The van der Waals surface area contributed by atoms with Gasteiger partial charge in [0.1, 0.15) is 5.75 Å². The number of rotatable bonds is 4. The molecule has 6 heteroatoms. The maximum Gasteiger partial charge on any atom is 0.370 e. The minimum absolute atomic E-state index is 0.214. The molecule has 0 bridgehead atoms. The molecule has 0 aliphatic carbocycles. The van der Waals surface area contributed by atoms with Crippen LogP contribution in [0.15, 0.2) is 42.5 Å². The Hall–Kier alpha value is -3.15. The molecule has 1 heterocycles. The van der Waals surface area contributed by atoms with E-state index < -0.39 is 24.4 Å². The van der Waals surface area contributed by atoms with Gasteiger partial charge in [-0.25, -0.2) is 4.79 Å². The molecule has 0 N–H and O–H groups in total. The molecule has 0 fully saturated rings. The van der Waals surface area contributed by atoms with Crippen molar-refractivity contribution >= 4 is 17.8 Å². The summed E-state index contributed by atoms with van der Waals surface area (Å²) in [4.78, 5) is 41.0. The lowest BCUT2D eigenvalue weighted by molar-refractivity contribution is -0.170. The number of fused-ring (bicyclic) bond motifs is 1. The first-order chi connectivity index (χ1) is 11.5. The van der Waals surface area contributed by atoms with Crippen molar-refractivity contribution in [2.45, 2.75) is 13.8 Å². The van der Waals surface area contributed by atoms with Crippen LogP contribution >= 0.6 is 0 Å². The van der Waals surface area contributed by atoms with E-state index in [0.717, 1.165) is 11.1 Å². The molecule has 2 amide bonds. The van der Waals surface area contributed by atoms with Crippen molar-refractivity contribution in [3.63, 3.8) is 0 Å². The van der Waals surface area contributed by atoms with E-state index in [2.05, 4.69) is 0 Å². The zero-order valence-electron chi connectivity index (χ0n) is 13.2. The molecule has 6 nitrogen and oxygen atoms in total. The Bertz CT molecular complexity index is 808. The molecule has 122 valence electrons. The van der Waals surface area contributed by atoms with Crippen molar-refractivity contribution in [1.82, 2.24) is 5.06 Å². The summed E-state index contributed by atoms with van der Waals surface area (Å²) < 4.78 is 5.39.